The molecule has 0 spiro atoms. The van der Waals surface area contributed by atoms with Crippen molar-refractivity contribution in [1.29, 1.82) is 0 Å². The lowest BCUT2D eigenvalue weighted by Crippen LogP contribution is -2.87. The van der Waals surface area contributed by atoms with Gasteiger partial charge in [0.2, 0.25) is 0 Å². The van der Waals surface area contributed by atoms with E-state index in [9.17, 15) is 57.1 Å². The van der Waals surface area contributed by atoms with Gasteiger partial charge in [0.25, 0.3) is 0 Å². The molecule has 0 aromatic rings. The summed E-state index contributed by atoms with van der Waals surface area (Å²) in [5.74, 6) is -37.9. The zero-order chi connectivity index (χ0) is 18.2. The van der Waals surface area contributed by atoms with Crippen LogP contribution in [0.1, 0.15) is 0 Å². The highest BCUT2D eigenvalue weighted by molar-refractivity contribution is 5.28. The van der Waals surface area contributed by atoms with Crippen molar-refractivity contribution in [3.63, 3.8) is 0 Å². The van der Waals surface area contributed by atoms with Gasteiger partial charge in [-0.3, -0.25) is 0 Å². The van der Waals surface area contributed by atoms with Crippen LogP contribution in [0.25, 0.3) is 0 Å². The van der Waals surface area contributed by atoms with Crippen molar-refractivity contribution in [2.24, 2.45) is 0 Å². The minimum atomic E-state index is -7.62. The van der Waals surface area contributed by atoms with Gasteiger partial charge in [-0.05, 0) is 0 Å². The fourth-order valence-corrected chi connectivity index (χ4v) is 1.73. The van der Waals surface area contributed by atoms with Crippen molar-refractivity contribution in [3.8, 4) is 0 Å². The molecule has 14 heteroatoms. The average molecular weight is 362 g/mol. The smallest absolute Gasteiger partial charge is 0.321 e. The van der Waals surface area contributed by atoms with E-state index < -0.39 is 48.5 Å². The molecule has 1 nitrogen and oxygen atoms in total. The predicted molar refractivity (Wildman–Crippen MR) is 40.5 cm³/mol. The number of alkyl halides is 13. The van der Waals surface area contributed by atoms with Crippen LogP contribution in [-0.2, 0) is 4.74 Å². The van der Waals surface area contributed by atoms with Crippen LogP contribution in [-0.4, -0.2) is 48.5 Å². The summed E-state index contributed by atoms with van der Waals surface area (Å²) in [5, 5.41) is 0. The molecule has 1 saturated carbocycles. The summed E-state index contributed by atoms with van der Waals surface area (Å²) in [7, 11) is -0.462. The number of hydrogen-bond donors (Lipinski definition) is 0. The molecule has 0 aromatic carbocycles. The number of rotatable bonds is 2. The molecular weight excluding hydrogens is 359 g/mol. The summed E-state index contributed by atoms with van der Waals surface area (Å²) in [5.41, 5.74) is -7.46. The summed E-state index contributed by atoms with van der Waals surface area (Å²) in [6.07, 6.45) is -6.66. The second kappa shape index (κ2) is 4.12. The number of methoxy groups -OCH3 is 1. The Morgan fingerprint density at radius 2 is 0.773 bits per heavy atom. The van der Waals surface area contributed by atoms with E-state index in [1.165, 1.54) is 0 Å². The highest BCUT2D eigenvalue weighted by Gasteiger charge is 3.05. The van der Waals surface area contributed by atoms with Crippen molar-refractivity contribution >= 4 is 0 Å². The van der Waals surface area contributed by atoms with Crippen LogP contribution in [0, 0.1) is 0 Å². The Morgan fingerprint density at radius 1 is 0.545 bits per heavy atom. The van der Waals surface area contributed by atoms with Gasteiger partial charge in [0.15, 0.2) is 0 Å². The van der Waals surface area contributed by atoms with Gasteiger partial charge in [-0.15, -0.1) is 0 Å². The van der Waals surface area contributed by atoms with Crippen LogP contribution < -0.4 is 0 Å². The molecule has 0 unspecified atom stereocenters. The fourth-order valence-electron chi connectivity index (χ4n) is 1.73. The van der Waals surface area contributed by atoms with Gasteiger partial charge in [0, 0.05) is 7.11 Å². The Labute approximate surface area is 112 Å². The van der Waals surface area contributed by atoms with Crippen LogP contribution >= 0.6 is 0 Å². The van der Waals surface area contributed by atoms with Gasteiger partial charge in [-0.2, -0.15) is 52.7 Å². The summed E-state index contributed by atoms with van der Waals surface area (Å²) >= 11 is 0. The predicted octanol–water partition coefficient (Wildman–Crippen LogP) is 4.12. The third-order valence-electron chi connectivity index (χ3n) is 3.10. The van der Waals surface area contributed by atoms with Gasteiger partial charge in [-0.1, -0.05) is 0 Å². The maximum atomic E-state index is 13.6. The Bertz CT molecular complexity index is 437. The lowest BCUT2D eigenvalue weighted by Gasteiger charge is -2.53. The maximum Gasteiger partial charge on any atom is 0.402 e. The zero-order valence-corrected chi connectivity index (χ0v) is 9.82. The standard InChI is InChI=1S/C8H3F13O/c1-22-8(20,21)2(9)3(10,11)5(14,15)7(18,19)6(16,17)4(2,12)13/h1H3. The first kappa shape index (κ1) is 19.1. The molecule has 1 aliphatic carbocycles. The topological polar surface area (TPSA) is 9.23 Å². The number of ether oxygens (including phenoxy) is 1. The first-order chi connectivity index (χ1) is 9.31. The molecule has 0 amide bonds. The molecule has 0 saturated heterocycles. The normalized spacial score (nSPS) is 30.8. The van der Waals surface area contributed by atoms with E-state index in [1.54, 1.807) is 0 Å². The first-order valence-electron chi connectivity index (χ1n) is 4.82. The highest BCUT2D eigenvalue weighted by Crippen LogP contribution is 2.72. The Balaban J connectivity index is 3.94. The van der Waals surface area contributed by atoms with E-state index in [4.69, 9.17) is 0 Å². The molecule has 0 N–H and O–H groups in total. The molecule has 0 radical (unpaired) electrons. The van der Waals surface area contributed by atoms with E-state index in [0.29, 0.717) is 0 Å². The minimum Gasteiger partial charge on any atom is -0.321 e. The van der Waals surface area contributed by atoms with E-state index in [1.807, 2.05) is 0 Å². The molecule has 0 aromatic heterocycles. The molecule has 0 bridgehead atoms. The lowest BCUT2D eigenvalue weighted by atomic mass is 9.71. The molecular formula is C8H3F13O. The summed E-state index contributed by atoms with van der Waals surface area (Å²) in [4.78, 5) is 0. The van der Waals surface area contributed by atoms with Crippen LogP contribution in [0.5, 0.6) is 0 Å². The Morgan fingerprint density at radius 3 is 1.00 bits per heavy atom. The summed E-state index contributed by atoms with van der Waals surface area (Å²) in [6.45, 7) is 0. The van der Waals surface area contributed by atoms with Crippen molar-refractivity contribution in [3.05, 3.63) is 0 Å². The molecule has 1 fully saturated rings. The van der Waals surface area contributed by atoms with Gasteiger partial charge < -0.3 is 4.74 Å². The molecule has 0 heterocycles. The van der Waals surface area contributed by atoms with E-state index >= 15 is 0 Å². The maximum absolute atomic E-state index is 13.6. The van der Waals surface area contributed by atoms with Crippen LogP contribution in [0.2, 0.25) is 0 Å². The second-order valence-corrected chi connectivity index (χ2v) is 4.25. The third-order valence-corrected chi connectivity index (χ3v) is 3.10. The minimum absolute atomic E-state index is 0.462. The largest absolute Gasteiger partial charge is 0.402 e. The van der Waals surface area contributed by atoms with Crippen molar-refractivity contribution in [2.75, 3.05) is 7.11 Å². The van der Waals surface area contributed by atoms with Crippen molar-refractivity contribution < 1.29 is 61.8 Å². The highest BCUT2D eigenvalue weighted by atomic mass is 19.4. The van der Waals surface area contributed by atoms with Crippen LogP contribution in [0.4, 0.5) is 57.1 Å². The molecule has 1 aliphatic rings. The molecule has 22 heavy (non-hydrogen) atoms. The third kappa shape index (κ3) is 1.47. The second-order valence-electron chi connectivity index (χ2n) is 4.25. The van der Waals surface area contributed by atoms with Crippen molar-refractivity contribution in [2.45, 2.75) is 41.4 Å². The van der Waals surface area contributed by atoms with Gasteiger partial charge in [-0.25, -0.2) is 4.39 Å². The monoisotopic (exact) mass is 362 g/mol. The summed E-state index contributed by atoms with van der Waals surface area (Å²) < 4.78 is 171. The van der Waals surface area contributed by atoms with Gasteiger partial charge in [0.05, 0.1) is 0 Å². The summed E-state index contributed by atoms with van der Waals surface area (Å²) in [6, 6.07) is 0. The van der Waals surface area contributed by atoms with Crippen LogP contribution in [0.3, 0.4) is 0 Å². The molecule has 1 rings (SSSR count). The van der Waals surface area contributed by atoms with Crippen molar-refractivity contribution in [1.82, 2.24) is 0 Å². The Kier molecular flexibility index (Phi) is 3.57. The quantitative estimate of drug-likeness (QED) is 0.672. The first-order valence-corrected chi connectivity index (χ1v) is 4.82. The molecule has 132 valence electrons. The Hall–Kier alpha value is -0.950. The fraction of sp³-hybridized carbons (Fsp3) is 1.00. The van der Waals surface area contributed by atoms with Crippen LogP contribution in [0.15, 0.2) is 0 Å². The van der Waals surface area contributed by atoms with E-state index in [0.717, 1.165) is 0 Å². The van der Waals surface area contributed by atoms with Gasteiger partial charge in [0.1, 0.15) is 0 Å². The lowest BCUT2D eigenvalue weighted by molar-refractivity contribution is -0.524. The van der Waals surface area contributed by atoms with Gasteiger partial charge >= 0.3 is 41.4 Å². The molecule has 0 aliphatic heterocycles. The molecule has 0 atom stereocenters. The SMILES string of the molecule is COC(F)(F)C1(F)C(F)(F)C(F)(F)C(F)(F)C(F)(F)C1(F)F. The average Bonchev–Trinajstić information content (AvgIpc) is 2.34. The van der Waals surface area contributed by atoms with E-state index in [2.05, 4.69) is 4.74 Å². The van der Waals surface area contributed by atoms with E-state index in [-0.39, 0.29) is 0 Å². The number of halogens is 13. The zero-order valence-electron chi connectivity index (χ0n) is 9.82. The number of hydrogen-bond acceptors (Lipinski definition) is 1.